The third-order valence-corrected chi connectivity index (χ3v) is 5.79. The first-order chi connectivity index (χ1) is 13.0. The van der Waals surface area contributed by atoms with Crippen LogP contribution in [0.15, 0.2) is 46.4 Å². The Balaban J connectivity index is 1.46. The molecule has 0 fully saturated rings. The number of aryl methyl sites for hydroxylation is 1. The van der Waals surface area contributed by atoms with E-state index >= 15 is 0 Å². The van der Waals surface area contributed by atoms with E-state index < -0.39 is 0 Å². The Kier molecular flexibility index (Phi) is 5.11. The number of hydrogen-bond acceptors (Lipinski definition) is 4. The van der Waals surface area contributed by atoms with Crippen LogP contribution >= 0.6 is 23.2 Å². The van der Waals surface area contributed by atoms with Crippen molar-refractivity contribution in [1.29, 1.82) is 0 Å². The highest BCUT2D eigenvalue weighted by Gasteiger charge is 2.27. The van der Waals surface area contributed by atoms with E-state index in [1.807, 2.05) is 12.1 Å². The van der Waals surface area contributed by atoms with Crippen molar-refractivity contribution < 1.29 is 9.47 Å². The van der Waals surface area contributed by atoms with E-state index in [0.29, 0.717) is 41.5 Å². The molecule has 2 heterocycles. The molecular weight excluding hydrogens is 383 g/mol. The van der Waals surface area contributed by atoms with Gasteiger partial charge in [-0.1, -0.05) is 47.5 Å². The lowest BCUT2D eigenvalue weighted by molar-refractivity contribution is 0.300. The Morgan fingerprint density at radius 3 is 2.37 bits per heavy atom. The lowest BCUT2D eigenvalue weighted by Crippen LogP contribution is -2.08. The summed E-state index contributed by atoms with van der Waals surface area (Å²) in [6, 6.07) is 11.8. The van der Waals surface area contributed by atoms with E-state index in [1.54, 1.807) is 6.07 Å². The smallest absolute Gasteiger partial charge is 0.193 e. The van der Waals surface area contributed by atoms with Crippen LogP contribution in [0.4, 0.5) is 0 Å². The van der Waals surface area contributed by atoms with Gasteiger partial charge in [-0.15, -0.1) is 0 Å². The summed E-state index contributed by atoms with van der Waals surface area (Å²) in [7, 11) is 0. The molecule has 0 radical (unpaired) electrons. The van der Waals surface area contributed by atoms with E-state index in [2.05, 4.69) is 37.0 Å². The third kappa shape index (κ3) is 3.83. The zero-order chi connectivity index (χ0) is 19.0. The minimum Gasteiger partial charge on any atom is -0.478 e. The van der Waals surface area contributed by atoms with Crippen molar-refractivity contribution in [3.05, 3.63) is 68.7 Å². The fourth-order valence-electron chi connectivity index (χ4n) is 3.35. The molecule has 0 N–H and O–H groups in total. The molecule has 0 unspecified atom stereocenters. The first-order valence-electron chi connectivity index (χ1n) is 8.91. The van der Waals surface area contributed by atoms with E-state index in [1.165, 1.54) is 16.7 Å². The topological polar surface area (TPSA) is 43.2 Å². The SMILES string of the molecule is Cc1cccc([C@H]2COC(CC3=N[C@@H](c4ccc(Cl)c(Cl)c4)CO3)=N2)c1C. The quantitative estimate of drug-likeness (QED) is 0.663. The highest BCUT2D eigenvalue weighted by molar-refractivity contribution is 6.42. The summed E-state index contributed by atoms with van der Waals surface area (Å²) in [6.45, 7) is 5.29. The van der Waals surface area contributed by atoms with E-state index in [9.17, 15) is 0 Å². The molecule has 2 aliphatic heterocycles. The van der Waals surface area contributed by atoms with Crippen LogP contribution in [-0.2, 0) is 9.47 Å². The lowest BCUT2D eigenvalue weighted by atomic mass is 9.98. The molecule has 140 valence electrons. The summed E-state index contributed by atoms with van der Waals surface area (Å²) in [5.41, 5.74) is 4.74. The molecule has 2 aromatic rings. The predicted octanol–water partition coefficient (Wildman–Crippen LogP) is 5.64. The number of nitrogens with zero attached hydrogens (tertiary/aromatic N) is 2. The summed E-state index contributed by atoms with van der Waals surface area (Å²) in [6.07, 6.45) is 0.471. The fraction of sp³-hybridized carbons (Fsp3) is 0.333. The molecule has 0 saturated carbocycles. The van der Waals surface area contributed by atoms with Gasteiger partial charge in [-0.25, -0.2) is 9.98 Å². The van der Waals surface area contributed by atoms with Gasteiger partial charge in [-0.05, 0) is 48.2 Å². The number of halogens is 2. The molecule has 0 bridgehead atoms. The van der Waals surface area contributed by atoms with Gasteiger partial charge in [-0.3, -0.25) is 0 Å². The summed E-state index contributed by atoms with van der Waals surface area (Å²) >= 11 is 12.1. The van der Waals surface area contributed by atoms with Gasteiger partial charge in [-0.2, -0.15) is 0 Å². The zero-order valence-electron chi connectivity index (χ0n) is 15.2. The molecule has 2 aromatic carbocycles. The maximum absolute atomic E-state index is 6.10. The van der Waals surface area contributed by atoms with E-state index in [-0.39, 0.29) is 12.1 Å². The monoisotopic (exact) mass is 402 g/mol. The van der Waals surface area contributed by atoms with Crippen molar-refractivity contribution in [2.24, 2.45) is 9.98 Å². The van der Waals surface area contributed by atoms with Crippen LogP contribution in [0, 0.1) is 13.8 Å². The minimum atomic E-state index is -0.0772. The van der Waals surface area contributed by atoms with Crippen LogP contribution in [0.5, 0.6) is 0 Å². The van der Waals surface area contributed by atoms with Crippen LogP contribution in [-0.4, -0.2) is 25.0 Å². The maximum atomic E-state index is 6.10. The number of ether oxygens (including phenoxy) is 2. The maximum Gasteiger partial charge on any atom is 0.193 e. The molecule has 2 atom stereocenters. The highest BCUT2D eigenvalue weighted by atomic mass is 35.5. The number of rotatable bonds is 4. The highest BCUT2D eigenvalue weighted by Crippen LogP contribution is 2.31. The lowest BCUT2D eigenvalue weighted by Gasteiger charge is -2.11. The molecule has 27 heavy (non-hydrogen) atoms. The average molecular weight is 403 g/mol. The van der Waals surface area contributed by atoms with Gasteiger partial charge in [0.15, 0.2) is 11.8 Å². The van der Waals surface area contributed by atoms with Crippen molar-refractivity contribution in [3.63, 3.8) is 0 Å². The Labute approximate surface area is 168 Å². The first kappa shape index (κ1) is 18.3. The molecule has 0 saturated heterocycles. The molecular formula is C21H20Cl2N2O2. The van der Waals surface area contributed by atoms with Gasteiger partial charge >= 0.3 is 0 Å². The largest absolute Gasteiger partial charge is 0.478 e. The number of aliphatic imine (C=N–C) groups is 2. The Morgan fingerprint density at radius 2 is 1.63 bits per heavy atom. The molecule has 0 spiro atoms. The zero-order valence-corrected chi connectivity index (χ0v) is 16.7. The van der Waals surface area contributed by atoms with Gasteiger partial charge in [0.25, 0.3) is 0 Å². The van der Waals surface area contributed by atoms with Crippen molar-refractivity contribution in [2.75, 3.05) is 13.2 Å². The van der Waals surface area contributed by atoms with Gasteiger partial charge in [0.1, 0.15) is 25.3 Å². The molecule has 0 aromatic heterocycles. The fourth-order valence-corrected chi connectivity index (χ4v) is 3.66. The number of hydrogen-bond donors (Lipinski definition) is 0. The van der Waals surface area contributed by atoms with Crippen molar-refractivity contribution in [1.82, 2.24) is 0 Å². The van der Waals surface area contributed by atoms with Crippen LogP contribution in [0.1, 0.15) is 40.8 Å². The van der Waals surface area contributed by atoms with Crippen LogP contribution in [0.2, 0.25) is 10.0 Å². The normalized spacial score (nSPS) is 21.5. The van der Waals surface area contributed by atoms with E-state index in [4.69, 9.17) is 37.7 Å². The van der Waals surface area contributed by atoms with Crippen molar-refractivity contribution in [2.45, 2.75) is 32.4 Å². The second-order valence-electron chi connectivity index (χ2n) is 6.84. The molecule has 6 heteroatoms. The molecule has 2 aliphatic rings. The third-order valence-electron chi connectivity index (χ3n) is 5.05. The molecule has 0 aliphatic carbocycles. The van der Waals surface area contributed by atoms with Crippen molar-refractivity contribution >= 4 is 35.0 Å². The average Bonchev–Trinajstić information content (AvgIpc) is 3.30. The summed E-state index contributed by atoms with van der Waals surface area (Å²) < 4.78 is 11.6. The van der Waals surface area contributed by atoms with Gasteiger partial charge in [0.05, 0.1) is 16.5 Å². The standard InChI is InChI=1S/C21H20Cl2N2O2/c1-12-4-3-5-15(13(12)2)19-11-27-21(25-19)9-20-24-18(10-26-20)14-6-7-16(22)17(23)8-14/h3-8,18-19H,9-11H2,1-2H3/t18-,19-/m1/s1. The Hall–Kier alpha value is -2.04. The Bertz CT molecular complexity index is 940. The molecule has 4 rings (SSSR count). The summed E-state index contributed by atoms with van der Waals surface area (Å²) in [5.74, 6) is 1.32. The second-order valence-corrected chi connectivity index (χ2v) is 7.65. The second kappa shape index (κ2) is 7.53. The molecule has 0 amide bonds. The van der Waals surface area contributed by atoms with Crippen LogP contribution < -0.4 is 0 Å². The molecule has 4 nitrogen and oxygen atoms in total. The van der Waals surface area contributed by atoms with Gasteiger partial charge in [0, 0.05) is 0 Å². The van der Waals surface area contributed by atoms with Crippen LogP contribution in [0.25, 0.3) is 0 Å². The first-order valence-corrected chi connectivity index (χ1v) is 9.67. The van der Waals surface area contributed by atoms with E-state index in [0.717, 1.165) is 5.56 Å². The number of benzene rings is 2. The van der Waals surface area contributed by atoms with Crippen molar-refractivity contribution in [3.8, 4) is 0 Å². The summed E-state index contributed by atoms with van der Waals surface area (Å²) in [4.78, 5) is 9.40. The summed E-state index contributed by atoms with van der Waals surface area (Å²) in [5, 5.41) is 1.06. The van der Waals surface area contributed by atoms with Crippen LogP contribution in [0.3, 0.4) is 0 Å². The van der Waals surface area contributed by atoms with Gasteiger partial charge < -0.3 is 9.47 Å². The predicted molar refractivity (Wildman–Crippen MR) is 109 cm³/mol. The minimum absolute atomic E-state index is 0.0350. The Morgan fingerprint density at radius 1 is 0.926 bits per heavy atom. The van der Waals surface area contributed by atoms with Gasteiger partial charge in [0.2, 0.25) is 0 Å².